The molecule has 1 aromatic rings. The van der Waals surface area contributed by atoms with Crippen molar-refractivity contribution in [2.24, 2.45) is 0 Å². The largest absolute Gasteiger partial charge is 0.341 e. The minimum Gasteiger partial charge on any atom is -0.341 e. The summed E-state index contributed by atoms with van der Waals surface area (Å²) < 4.78 is 24.3. The number of rotatable bonds is 1. The highest BCUT2D eigenvalue weighted by Gasteiger charge is 2.65. The Morgan fingerprint density at radius 1 is 1.20 bits per heavy atom. The molecule has 2 saturated heterocycles. The third-order valence-electron chi connectivity index (χ3n) is 4.21. The fourth-order valence-corrected chi connectivity index (χ4v) is 3.42. The minimum absolute atomic E-state index is 0.186. The molecule has 0 aliphatic carbocycles. The molecule has 4 heteroatoms. The maximum absolute atomic E-state index is 6.16. The highest BCUT2D eigenvalue weighted by molar-refractivity contribution is 5.37. The van der Waals surface area contributed by atoms with Crippen molar-refractivity contribution in [2.75, 3.05) is 0 Å². The van der Waals surface area contributed by atoms with Crippen LogP contribution >= 0.6 is 0 Å². The van der Waals surface area contributed by atoms with Gasteiger partial charge in [-0.15, -0.1) is 6.58 Å². The first-order valence-corrected chi connectivity index (χ1v) is 6.94. The zero-order valence-corrected chi connectivity index (χ0v) is 11.7. The van der Waals surface area contributed by atoms with Gasteiger partial charge in [0.05, 0.1) is 6.61 Å². The number of fused-ring (bicyclic) bond motifs is 4. The summed E-state index contributed by atoms with van der Waals surface area (Å²) in [6.45, 7) is 8.21. The molecule has 1 spiro atoms. The first-order valence-electron chi connectivity index (χ1n) is 6.94. The highest BCUT2D eigenvalue weighted by atomic mass is 16.8. The summed E-state index contributed by atoms with van der Waals surface area (Å²) in [5.41, 5.74) is 2.19. The maximum atomic E-state index is 6.16. The average molecular weight is 274 g/mol. The van der Waals surface area contributed by atoms with Gasteiger partial charge in [-0.3, -0.25) is 0 Å². The monoisotopic (exact) mass is 274 g/mol. The lowest BCUT2D eigenvalue weighted by Gasteiger charge is -2.30. The molecule has 0 N–H and O–H groups in total. The minimum atomic E-state index is -0.867. The molecule has 20 heavy (non-hydrogen) atoms. The van der Waals surface area contributed by atoms with Crippen LogP contribution in [0.25, 0.3) is 0 Å². The Bertz CT molecular complexity index is 567. The van der Waals surface area contributed by atoms with Crippen LogP contribution in [0, 0.1) is 0 Å². The van der Waals surface area contributed by atoms with E-state index in [0.717, 1.165) is 11.1 Å². The van der Waals surface area contributed by atoms with E-state index in [4.69, 9.17) is 18.9 Å². The van der Waals surface area contributed by atoms with Gasteiger partial charge < -0.3 is 18.9 Å². The average Bonchev–Trinajstić information content (AvgIpc) is 3.03. The van der Waals surface area contributed by atoms with Crippen LogP contribution in [0.1, 0.15) is 25.0 Å². The van der Waals surface area contributed by atoms with Gasteiger partial charge in [0.1, 0.15) is 18.3 Å². The van der Waals surface area contributed by atoms with E-state index in [9.17, 15) is 0 Å². The third kappa shape index (κ3) is 1.50. The number of hydrogen-bond donors (Lipinski definition) is 0. The van der Waals surface area contributed by atoms with Crippen LogP contribution in [-0.2, 0) is 31.3 Å². The van der Waals surface area contributed by atoms with Crippen LogP contribution in [0.2, 0.25) is 0 Å². The van der Waals surface area contributed by atoms with Gasteiger partial charge in [-0.1, -0.05) is 30.3 Å². The molecule has 4 nitrogen and oxygen atoms in total. The smallest absolute Gasteiger partial charge is 0.226 e. The molecule has 3 aliphatic heterocycles. The molecule has 1 aromatic carbocycles. The van der Waals surface area contributed by atoms with Crippen LogP contribution in [0.4, 0.5) is 0 Å². The Morgan fingerprint density at radius 2 is 2.00 bits per heavy atom. The van der Waals surface area contributed by atoms with Crippen LogP contribution in [0.3, 0.4) is 0 Å². The van der Waals surface area contributed by atoms with Crippen molar-refractivity contribution in [1.29, 1.82) is 0 Å². The van der Waals surface area contributed by atoms with E-state index in [-0.39, 0.29) is 18.3 Å². The van der Waals surface area contributed by atoms with E-state index in [1.807, 2.05) is 32.0 Å². The third-order valence-corrected chi connectivity index (χ3v) is 4.21. The van der Waals surface area contributed by atoms with Crippen molar-refractivity contribution in [3.8, 4) is 0 Å². The predicted molar refractivity (Wildman–Crippen MR) is 71.8 cm³/mol. The molecule has 0 bridgehead atoms. The molecule has 0 unspecified atom stereocenters. The zero-order valence-electron chi connectivity index (χ0n) is 11.7. The second-order valence-corrected chi connectivity index (χ2v) is 5.95. The molecule has 4 rings (SSSR count). The van der Waals surface area contributed by atoms with Crippen LogP contribution in [0.5, 0.6) is 0 Å². The molecular formula is C16H18O4. The lowest BCUT2D eigenvalue weighted by Crippen LogP contribution is -2.40. The summed E-state index contributed by atoms with van der Waals surface area (Å²) in [4.78, 5) is 0. The maximum Gasteiger partial charge on any atom is 0.226 e. The van der Waals surface area contributed by atoms with E-state index in [0.29, 0.717) is 6.61 Å². The van der Waals surface area contributed by atoms with Crippen LogP contribution in [0.15, 0.2) is 36.9 Å². The molecule has 3 aliphatic rings. The molecule has 0 amide bonds. The Morgan fingerprint density at radius 3 is 2.80 bits per heavy atom. The second kappa shape index (κ2) is 3.92. The topological polar surface area (TPSA) is 36.9 Å². The molecule has 4 atom stereocenters. The van der Waals surface area contributed by atoms with Gasteiger partial charge in [-0.2, -0.15) is 0 Å². The van der Waals surface area contributed by atoms with Gasteiger partial charge >= 0.3 is 0 Å². The quantitative estimate of drug-likeness (QED) is 0.737. The van der Waals surface area contributed by atoms with Crippen molar-refractivity contribution < 1.29 is 18.9 Å². The lowest BCUT2D eigenvalue weighted by atomic mass is 9.96. The molecular weight excluding hydrogens is 256 g/mol. The molecule has 106 valence electrons. The molecule has 0 saturated carbocycles. The SMILES string of the molecule is C=C[C@@H]1O[C@]2(OCc3ccccc32)[C@@H]2OC(C)(C)O[C@H]12. The van der Waals surface area contributed by atoms with Gasteiger partial charge in [0.2, 0.25) is 5.79 Å². The van der Waals surface area contributed by atoms with Gasteiger partial charge in [0.15, 0.2) is 5.79 Å². The van der Waals surface area contributed by atoms with Crippen LogP contribution < -0.4 is 0 Å². The molecule has 0 radical (unpaired) electrons. The Hall–Kier alpha value is -1.20. The van der Waals surface area contributed by atoms with E-state index in [2.05, 4.69) is 12.6 Å². The fraction of sp³-hybridized carbons (Fsp3) is 0.500. The second-order valence-electron chi connectivity index (χ2n) is 5.95. The molecule has 3 heterocycles. The van der Waals surface area contributed by atoms with Gasteiger partial charge in [0, 0.05) is 5.56 Å². The Labute approximate surface area is 118 Å². The van der Waals surface area contributed by atoms with E-state index in [1.165, 1.54) is 0 Å². The van der Waals surface area contributed by atoms with Crippen molar-refractivity contribution in [2.45, 2.75) is 50.3 Å². The first-order chi connectivity index (χ1) is 9.56. The van der Waals surface area contributed by atoms with E-state index in [1.54, 1.807) is 6.08 Å². The van der Waals surface area contributed by atoms with Crippen molar-refractivity contribution in [3.05, 3.63) is 48.0 Å². The van der Waals surface area contributed by atoms with Crippen LogP contribution in [-0.4, -0.2) is 24.1 Å². The number of hydrogen-bond acceptors (Lipinski definition) is 4. The zero-order chi connectivity index (χ0) is 14.0. The highest BCUT2D eigenvalue weighted by Crippen LogP contribution is 2.53. The van der Waals surface area contributed by atoms with Gasteiger partial charge in [0.25, 0.3) is 0 Å². The molecule has 2 fully saturated rings. The summed E-state index contributed by atoms with van der Waals surface area (Å²) >= 11 is 0. The molecule has 0 aromatic heterocycles. The first kappa shape index (κ1) is 12.5. The van der Waals surface area contributed by atoms with E-state index >= 15 is 0 Å². The van der Waals surface area contributed by atoms with Gasteiger partial charge in [-0.05, 0) is 19.4 Å². The number of benzene rings is 1. The predicted octanol–water partition coefficient (Wildman–Crippen LogP) is 2.47. The Kier molecular flexibility index (Phi) is 2.46. The summed E-state index contributed by atoms with van der Waals surface area (Å²) in [5, 5.41) is 0. The fourth-order valence-electron chi connectivity index (χ4n) is 3.42. The normalized spacial score (nSPS) is 40.8. The standard InChI is InChI=1S/C16H18O4/c1-4-12-13-14(20-15(2,3)19-13)16(18-12)11-8-6-5-7-10(11)9-17-16/h4-8,12-14H,1,9H2,2-3H3/t12-,13+,14+,16-/m0/s1. The van der Waals surface area contributed by atoms with Crippen molar-refractivity contribution >= 4 is 0 Å². The van der Waals surface area contributed by atoms with Gasteiger partial charge in [-0.25, -0.2) is 0 Å². The van der Waals surface area contributed by atoms with E-state index < -0.39 is 11.6 Å². The van der Waals surface area contributed by atoms with Crippen molar-refractivity contribution in [3.63, 3.8) is 0 Å². The summed E-state index contributed by atoms with van der Waals surface area (Å²) in [6, 6.07) is 8.11. The summed E-state index contributed by atoms with van der Waals surface area (Å²) in [7, 11) is 0. The lowest BCUT2D eigenvalue weighted by molar-refractivity contribution is -0.290. The Balaban J connectivity index is 1.82. The summed E-state index contributed by atoms with van der Waals surface area (Å²) in [5.74, 6) is -1.50. The van der Waals surface area contributed by atoms with Crippen molar-refractivity contribution in [1.82, 2.24) is 0 Å². The number of ether oxygens (including phenoxy) is 4. The summed E-state index contributed by atoms with van der Waals surface area (Å²) in [6.07, 6.45) is 1.08.